The van der Waals surface area contributed by atoms with Crippen molar-refractivity contribution in [3.63, 3.8) is 0 Å². The van der Waals surface area contributed by atoms with Crippen LogP contribution in [0, 0.1) is 0 Å². The zero-order valence-electron chi connectivity index (χ0n) is 11.6. The lowest BCUT2D eigenvalue weighted by Crippen LogP contribution is -2.47. The fraction of sp³-hybridized carbons (Fsp3) is 0.357. The molecule has 2 aromatic heterocycles. The number of halogens is 1. The number of aromatic nitrogens is 3. The third-order valence-electron chi connectivity index (χ3n) is 3.58. The topological polar surface area (TPSA) is 71.2 Å². The van der Waals surface area contributed by atoms with Gasteiger partial charge in [0.05, 0.1) is 5.02 Å². The van der Waals surface area contributed by atoms with E-state index in [1.807, 2.05) is 12.1 Å². The van der Waals surface area contributed by atoms with Gasteiger partial charge in [-0.1, -0.05) is 11.6 Å². The summed E-state index contributed by atoms with van der Waals surface area (Å²) in [5.41, 5.74) is 6.62. The highest BCUT2D eigenvalue weighted by atomic mass is 35.5. The number of rotatable bonds is 3. The maximum atomic E-state index is 6.05. The molecule has 0 bridgehead atoms. The van der Waals surface area contributed by atoms with Gasteiger partial charge in [-0.15, -0.1) is 0 Å². The van der Waals surface area contributed by atoms with Gasteiger partial charge in [-0.2, -0.15) is 0 Å². The van der Waals surface area contributed by atoms with Crippen molar-refractivity contribution < 1.29 is 0 Å². The summed E-state index contributed by atoms with van der Waals surface area (Å²) in [4.78, 5) is 17.4. The Kier molecular flexibility index (Phi) is 4.17. The Bertz CT molecular complexity index is 598. The Labute approximate surface area is 128 Å². The molecule has 6 nitrogen and oxygen atoms in total. The number of piperazine rings is 1. The molecular weight excluding hydrogens is 288 g/mol. The number of nitrogens with two attached hydrogens (primary N) is 1. The first-order valence-electron chi connectivity index (χ1n) is 6.89. The predicted molar refractivity (Wildman–Crippen MR) is 83.6 cm³/mol. The fourth-order valence-electron chi connectivity index (χ4n) is 2.39. The average molecular weight is 305 g/mol. The molecule has 0 saturated carbocycles. The second-order valence-corrected chi connectivity index (χ2v) is 5.27. The Balaban J connectivity index is 1.68. The molecule has 2 aromatic rings. The number of anilines is 2. The maximum absolute atomic E-state index is 6.05. The lowest BCUT2D eigenvalue weighted by Gasteiger charge is -2.35. The van der Waals surface area contributed by atoms with Crippen molar-refractivity contribution in [2.75, 3.05) is 36.0 Å². The summed E-state index contributed by atoms with van der Waals surface area (Å²) < 4.78 is 0. The minimum atomic E-state index is 0.423. The largest absolute Gasteiger partial charge is 0.353 e. The first-order chi connectivity index (χ1) is 10.3. The number of hydrogen-bond donors (Lipinski definition) is 1. The van der Waals surface area contributed by atoms with E-state index in [4.69, 9.17) is 17.3 Å². The quantitative estimate of drug-likeness (QED) is 0.922. The van der Waals surface area contributed by atoms with Crippen LogP contribution < -0.4 is 15.5 Å². The van der Waals surface area contributed by atoms with Crippen molar-refractivity contribution in [3.8, 4) is 0 Å². The molecular formula is C14H17ClN6. The molecule has 1 fully saturated rings. The van der Waals surface area contributed by atoms with Gasteiger partial charge in [0.2, 0.25) is 5.95 Å². The standard InChI is InChI=1S/C14H17ClN6/c15-12-10-19-13(8-11(12)9-16)20-4-6-21(7-5-20)14-17-2-1-3-18-14/h1-3,8,10H,4-7,9,16H2. The van der Waals surface area contributed by atoms with Crippen molar-refractivity contribution in [1.29, 1.82) is 0 Å². The molecule has 0 atom stereocenters. The summed E-state index contributed by atoms with van der Waals surface area (Å²) in [6.45, 7) is 3.90. The molecule has 0 unspecified atom stereocenters. The average Bonchev–Trinajstić information content (AvgIpc) is 2.56. The van der Waals surface area contributed by atoms with E-state index in [1.165, 1.54) is 0 Å². The first-order valence-corrected chi connectivity index (χ1v) is 7.27. The van der Waals surface area contributed by atoms with Crippen LogP contribution in [-0.2, 0) is 6.54 Å². The molecule has 7 heteroatoms. The lowest BCUT2D eigenvalue weighted by atomic mass is 10.2. The second-order valence-electron chi connectivity index (χ2n) is 4.86. The minimum Gasteiger partial charge on any atom is -0.353 e. The monoisotopic (exact) mass is 304 g/mol. The zero-order chi connectivity index (χ0) is 14.7. The molecule has 1 saturated heterocycles. The van der Waals surface area contributed by atoms with E-state index in [2.05, 4.69) is 24.8 Å². The fourth-order valence-corrected chi connectivity index (χ4v) is 2.57. The maximum Gasteiger partial charge on any atom is 0.225 e. The van der Waals surface area contributed by atoms with Gasteiger partial charge >= 0.3 is 0 Å². The molecule has 0 aliphatic carbocycles. The summed E-state index contributed by atoms with van der Waals surface area (Å²) in [6.07, 6.45) is 5.21. The van der Waals surface area contributed by atoms with Crippen LogP contribution in [0.2, 0.25) is 5.02 Å². The Morgan fingerprint density at radius 3 is 2.38 bits per heavy atom. The molecule has 3 rings (SSSR count). The summed E-state index contributed by atoms with van der Waals surface area (Å²) in [5.74, 6) is 1.71. The Morgan fingerprint density at radius 1 is 1.05 bits per heavy atom. The minimum absolute atomic E-state index is 0.423. The van der Waals surface area contributed by atoms with Crippen LogP contribution >= 0.6 is 11.6 Å². The van der Waals surface area contributed by atoms with Gasteiger partial charge in [-0.05, 0) is 17.7 Å². The van der Waals surface area contributed by atoms with Gasteiger partial charge in [0.15, 0.2) is 0 Å². The highest BCUT2D eigenvalue weighted by Gasteiger charge is 2.20. The van der Waals surface area contributed by atoms with E-state index in [9.17, 15) is 0 Å². The van der Waals surface area contributed by atoms with Gasteiger partial charge in [-0.25, -0.2) is 15.0 Å². The molecule has 0 spiro atoms. The third kappa shape index (κ3) is 3.06. The van der Waals surface area contributed by atoms with Crippen molar-refractivity contribution in [2.45, 2.75) is 6.54 Å². The van der Waals surface area contributed by atoms with Gasteiger partial charge in [-0.3, -0.25) is 0 Å². The lowest BCUT2D eigenvalue weighted by molar-refractivity contribution is 0.634. The smallest absolute Gasteiger partial charge is 0.225 e. The summed E-state index contributed by atoms with van der Waals surface area (Å²) in [7, 11) is 0. The van der Waals surface area contributed by atoms with E-state index in [0.29, 0.717) is 11.6 Å². The molecule has 2 N–H and O–H groups in total. The molecule has 1 aliphatic heterocycles. The van der Waals surface area contributed by atoms with E-state index in [1.54, 1.807) is 18.6 Å². The highest BCUT2D eigenvalue weighted by molar-refractivity contribution is 6.31. The van der Waals surface area contributed by atoms with Crippen LogP contribution in [0.4, 0.5) is 11.8 Å². The summed E-state index contributed by atoms with van der Waals surface area (Å²) in [5, 5.41) is 0.623. The van der Waals surface area contributed by atoms with E-state index < -0.39 is 0 Å². The van der Waals surface area contributed by atoms with E-state index in [0.717, 1.165) is 43.5 Å². The van der Waals surface area contributed by atoms with Crippen molar-refractivity contribution >= 4 is 23.4 Å². The molecule has 0 amide bonds. The predicted octanol–water partition coefficient (Wildman–Crippen LogP) is 1.31. The van der Waals surface area contributed by atoms with E-state index >= 15 is 0 Å². The first kappa shape index (κ1) is 14.0. The highest BCUT2D eigenvalue weighted by Crippen LogP contribution is 2.21. The van der Waals surface area contributed by atoms with Crippen LogP contribution in [0.15, 0.2) is 30.7 Å². The van der Waals surface area contributed by atoms with Crippen LogP contribution in [0.5, 0.6) is 0 Å². The van der Waals surface area contributed by atoms with Crippen LogP contribution in [0.1, 0.15) is 5.56 Å². The van der Waals surface area contributed by atoms with Crippen LogP contribution in [0.25, 0.3) is 0 Å². The van der Waals surface area contributed by atoms with Gasteiger partial charge in [0.1, 0.15) is 5.82 Å². The van der Waals surface area contributed by atoms with Crippen LogP contribution in [0.3, 0.4) is 0 Å². The van der Waals surface area contributed by atoms with Crippen molar-refractivity contribution in [2.24, 2.45) is 5.73 Å². The number of pyridine rings is 1. The Morgan fingerprint density at radius 2 is 1.71 bits per heavy atom. The second kappa shape index (κ2) is 6.24. The van der Waals surface area contributed by atoms with Crippen molar-refractivity contribution in [1.82, 2.24) is 15.0 Å². The van der Waals surface area contributed by atoms with Gasteiger partial charge < -0.3 is 15.5 Å². The van der Waals surface area contributed by atoms with Crippen LogP contribution in [-0.4, -0.2) is 41.1 Å². The number of nitrogens with zero attached hydrogens (tertiary/aromatic N) is 5. The number of hydrogen-bond acceptors (Lipinski definition) is 6. The molecule has 0 aromatic carbocycles. The van der Waals surface area contributed by atoms with Crippen molar-refractivity contribution in [3.05, 3.63) is 41.3 Å². The zero-order valence-corrected chi connectivity index (χ0v) is 12.4. The molecule has 21 heavy (non-hydrogen) atoms. The van der Waals surface area contributed by atoms with E-state index in [-0.39, 0.29) is 0 Å². The molecule has 110 valence electrons. The summed E-state index contributed by atoms with van der Waals surface area (Å²) >= 11 is 6.05. The summed E-state index contributed by atoms with van der Waals surface area (Å²) in [6, 6.07) is 3.79. The molecule has 3 heterocycles. The third-order valence-corrected chi connectivity index (χ3v) is 3.92. The Hall–Kier alpha value is -1.92. The SMILES string of the molecule is NCc1cc(N2CCN(c3ncccn3)CC2)ncc1Cl. The van der Waals surface area contributed by atoms with Gasteiger partial charge in [0, 0.05) is 51.3 Å². The normalized spacial score (nSPS) is 15.3. The molecule has 0 radical (unpaired) electrons. The molecule has 1 aliphatic rings. The van der Waals surface area contributed by atoms with Gasteiger partial charge in [0.25, 0.3) is 0 Å².